The summed E-state index contributed by atoms with van der Waals surface area (Å²) in [6.45, 7) is 16.1. The maximum atomic E-state index is 12.3. The summed E-state index contributed by atoms with van der Waals surface area (Å²) in [5.41, 5.74) is 2.38. The van der Waals surface area contributed by atoms with Crippen molar-refractivity contribution in [2.24, 2.45) is 11.8 Å². The van der Waals surface area contributed by atoms with Crippen LogP contribution < -0.4 is 21.3 Å². The van der Waals surface area contributed by atoms with Gasteiger partial charge in [-0.3, -0.25) is 23.7 Å². The quantitative estimate of drug-likeness (QED) is 0.0596. The van der Waals surface area contributed by atoms with Crippen LogP contribution in [0, 0.1) is 32.9 Å². The Morgan fingerprint density at radius 3 is 1.18 bits per heavy atom. The Morgan fingerprint density at radius 1 is 0.514 bits per heavy atom. The number of ether oxygens (including phenoxy) is 8. The molecule has 20 atom stereocenters. The molecule has 74 heavy (non-hydrogen) atoms. The fraction of sp³-hybridized carbons (Fsp3) is 0.776. The van der Waals surface area contributed by atoms with Crippen LogP contribution >= 0.6 is 0 Å². The molecular weight excluding hydrogens is 1150 g/mol. The van der Waals surface area contributed by atoms with E-state index in [1.807, 2.05) is 6.92 Å². The average Bonchev–Trinajstić information content (AvgIpc) is 3.38. The first-order valence-corrected chi connectivity index (χ1v) is 25.0. The number of hydrogen-bond donors (Lipinski definition) is 14. The van der Waals surface area contributed by atoms with Gasteiger partial charge in [0.05, 0.1) is 37.6 Å². The van der Waals surface area contributed by atoms with Gasteiger partial charge in [0, 0.05) is 72.0 Å². The minimum Gasteiger partial charge on any atom is -0.542 e. The molecule has 0 spiro atoms. The second-order valence-corrected chi connectivity index (χ2v) is 19.1. The molecule has 8 bridgehead atoms. The van der Waals surface area contributed by atoms with Crippen LogP contribution in [-0.4, -0.2) is 213 Å². The van der Waals surface area contributed by atoms with Gasteiger partial charge in [0.15, 0.2) is 25.2 Å². The number of carbonyl (C=O) groups is 2. The summed E-state index contributed by atoms with van der Waals surface area (Å²) in [6, 6.07) is 0. The summed E-state index contributed by atoms with van der Waals surface area (Å²) in [5, 5.41) is 115. The zero-order valence-corrected chi connectivity index (χ0v) is 45.2. The molecule has 0 aromatic rings. The predicted octanol–water partition coefficient (Wildman–Crippen LogP) is -2.49. The monoisotopic (exact) mass is 1230 g/mol. The molecule has 2 amide bonds. The van der Waals surface area contributed by atoms with E-state index < -0.39 is 136 Å². The molecule has 12 aliphatic heterocycles. The van der Waals surface area contributed by atoms with Crippen LogP contribution in [0.5, 0.6) is 0 Å². The minimum absolute atomic E-state index is 0. The van der Waals surface area contributed by atoms with E-state index in [0.29, 0.717) is 62.8 Å². The Balaban J connectivity index is 0.000000353. The van der Waals surface area contributed by atoms with Crippen molar-refractivity contribution in [1.82, 2.24) is 21.3 Å². The van der Waals surface area contributed by atoms with Crippen LogP contribution in [0.25, 0.3) is 0 Å². The molecule has 0 aromatic carbocycles. The van der Waals surface area contributed by atoms with E-state index in [1.54, 1.807) is 0 Å². The van der Waals surface area contributed by atoms with Crippen molar-refractivity contribution in [3.05, 3.63) is 57.7 Å². The van der Waals surface area contributed by atoms with Gasteiger partial charge in [0.25, 0.3) is 0 Å². The van der Waals surface area contributed by atoms with Crippen molar-refractivity contribution < 1.29 is 120 Å². The summed E-state index contributed by atoms with van der Waals surface area (Å²) in [4.78, 5) is 24.5. The molecule has 24 nitrogen and oxygen atoms in total. The minimum atomic E-state index is -1.50. The van der Waals surface area contributed by atoms with E-state index in [-0.39, 0.29) is 72.0 Å². The van der Waals surface area contributed by atoms with Gasteiger partial charge in [-0.15, -0.1) is 12.2 Å². The first-order valence-electron chi connectivity index (χ1n) is 25.0. The van der Waals surface area contributed by atoms with Crippen LogP contribution in [-0.2, 0) is 68.5 Å². The normalized spacial score (nSPS) is 38.2. The van der Waals surface area contributed by atoms with Crippen LogP contribution in [0.1, 0.15) is 77.6 Å². The molecule has 0 aliphatic carbocycles. The Bertz CT molecular complexity index is 1590. The van der Waals surface area contributed by atoms with E-state index in [0.717, 1.165) is 12.0 Å². The van der Waals surface area contributed by atoms with Gasteiger partial charge in [0.2, 0.25) is 11.8 Å². The molecule has 0 radical (unpaired) electrons. The van der Waals surface area contributed by atoms with Crippen molar-refractivity contribution in [3.8, 4) is 0 Å². The average molecular weight is 1230 g/mol. The summed E-state index contributed by atoms with van der Waals surface area (Å²) < 4.78 is 45.7. The fourth-order valence-electron chi connectivity index (χ4n) is 9.01. The topological polar surface area (TPSA) is 358 Å². The molecular formula is C49H83N4O20W-3. The molecule has 0 saturated carbocycles. The zero-order valence-electron chi connectivity index (χ0n) is 42.3. The van der Waals surface area contributed by atoms with Gasteiger partial charge in [-0.2, -0.15) is 6.42 Å². The zero-order chi connectivity index (χ0) is 53.9. The maximum Gasteiger partial charge on any atom is 0.220 e. The van der Waals surface area contributed by atoms with Crippen LogP contribution in [0.4, 0.5) is 0 Å². The number of aliphatic hydroxyl groups is 10. The SMILES string of the molecule is C=C(C)C[CH2-].C=C(CCC(=O)NCC1O[C@H]2OC3C(CO)O[C@@H](OCCCCC1C(O)C2O)C(O)C3O)N[CH2-].C=C(CCC(=O)NCC1O[C@H]2OC3C(CO)O[C@@H](OCCCCC1C(O)C2O)C(O)C3O)N[CH2-].[W]. The van der Waals surface area contributed by atoms with E-state index in [2.05, 4.69) is 62.0 Å². The molecule has 25 heteroatoms. The first-order chi connectivity index (χ1) is 34.8. The molecule has 0 aromatic heterocycles. The van der Waals surface area contributed by atoms with Crippen molar-refractivity contribution in [3.63, 3.8) is 0 Å². The second-order valence-electron chi connectivity index (χ2n) is 19.1. The Morgan fingerprint density at radius 2 is 0.851 bits per heavy atom. The second kappa shape index (κ2) is 33.2. The Labute approximate surface area is 448 Å². The van der Waals surface area contributed by atoms with Crippen molar-refractivity contribution >= 4 is 11.8 Å². The molecule has 428 valence electrons. The summed E-state index contributed by atoms with van der Waals surface area (Å²) >= 11 is 0. The van der Waals surface area contributed by atoms with Gasteiger partial charge >= 0.3 is 0 Å². The Hall–Kier alpha value is -2.27. The third kappa shape index (κ3) is 19.0. The van der Waals surface area contributed by atoms with Crippen molar-refractivity contribution in [2.75, 3.05) is 39.5 Å². The maximum absolute atomic E-state index is 12.3. The largest absolute Gasteiger partial charge is 0.542 e. The van der Waals surface area contributed by atoms with Crippen molar-refractivity contribution in [1.29, 1.82) is 0 Å². The number of rotatable bonds is 15. The van der Waals surface area contributed by atoms with Gasteiger partial charge in [-0.25, -0.2) is 0 Å². The van der Waals surface area contributed by atoms with Gasteiger partial charge in [0.1, 0.15) is 61.0 Å². The van der Waals surface area contributed by atoms with Crippen molar-refractivity contribution in [2.45, 2.75) is 188 Å². The molecule has 12 rings (SSSR count). The first kappa shape index (κ1) is 66.0. The van der Waals surface area contributed by atoms with Crippen LogP contribution in [0.2, 0.25) is 0 Å². The fourth-order valence-corrected chi connectivity index (χ4v) is 9.01. The third-order valence-electron chi connectivity index (χ3n) is 13.6. The number of aliphatic hydroxyl groups excluding tert-OH is 10. The third-order valence-corrected chi connectivity index (χ3v) is 13.6. The van der Waals surface area contributed by atoms with E-state index >= 15 is 0 Å². The smallest absolute Gasteiger partial charge is 0.220 e. The molecule has 14 N–H and O–H groups in total. The molecule has 12 heterocycles. The molecule has 16 unspecified atom stereocenters. The van der Waals surface area contributed by atoms with Gasteiger partial charge in [-0.05, 0) is 56.8 Å². The standard InChI is InChI=1S/2C22H37N2O10.C5H9.W/c2*1-11(23-2)6-7-15(26)24-9-13-12-5-3-4-8-31-21-19(30)17(28)20(14(10-25)33-21)34-22(32-13)18(29)16(12)27;1-4-5(2)3;/h2*12-14,16-23,25,27-30H,1-10H2,(H,24,26);1-2,4H2,3H3;/q3*-1;/t2*12?,13?,14?,16?,17?,18?,19?,20?,21-,22+;;/m11../s1. The number of allylic oxidation sites excluding steroid dienone is 3. The van der Waals surface area contributed by atoms with E-state index in [1.165, 1.54) is 0 Å². The Kier molecular flexibility index (Phi) is 29.6. The number of nitrogens with one attached hydrogen (secondary N) is 4. The summed E-state index contributed by atoms with van der Waals surface area (Å²) in [6.07, 6.45) is -17.1. The molecule has 12 saturated heterocycles. The van der Waals surface area contributed by atoms with Crippen LogP contribution in [0.15, 0.2) is 36.7 Å². The predicted molar refractivity (Wildman–Crippen MR) is 258 cm³/mol. The van der Waals surface area contributed by atoms with Gasteiger partial charge in [-0.1, -0.05) is 26.0 Å². The van der Waals surface area contributed by atoms with E-state index in [9.17, 15) is 60.7 Å². The number of amides is 2. The summed E-state index contributed by atoms with van der Waals surface area (Å²) in [5.74, 6) is -1.48. The van der Waals surface area contributed by atoms with Crippen LogP contribution in [0.3, 0.4) is 0 Å². The summed E-state index contributed by atoms with van der Waals surface area (Å²) in [7, 11) is 6.98. The number of hydrogen-bond acceptors (Lipinski definition) is 22. The van der Waals surface area contributed by atoms with Gasteiger partial charge < -0.3 is 117 Å². The number of carbonyl (C=O) groups excluding carboxylic acids is 2. The van der Waals surface area contributed by atoms with E-state index in [4.69, 9.17) is 37.9 Å². The molecule has 12 fully saturated rings. The molecule has 12 aliphatic rings.